The number of hydrogen-bond acceptors (Lipinski definition) is 5. The van der Waals surface area contributed by atoms with Crippen molar-refractivity contribution in [2.45, 2.75) is 26.2 Å². The van der Waals surface area contributed by atoms with Gasteiger partial charge in [0.25, 0.3) is 0 Å². The molecule has 150 valence electrons. The predicted molar refractivity (Wildman–Crippen MR) is 109 cm³/mol. The molecule has 1 aromatic heterocycles. The Balaban J connectivity index is 1.86. The van der Waals surface area contributed by atoms with Gasteiger partial charge < -0.3 is 19.2 Å². The molecule has 3 aromatic rings. The van der Waals surface area contributed by atoms with Crippen molar-refractivity contribution in [3.8, 4) is 11.5 Å². The third-order valence-electron chi connectivity index (χ3n) is 5.16. The summed E-state index contributed by atoms with van der Waals surface area (Å²) in [5.74, 6) is 1.27. The first-order chi connectivity index (χ1) is 14.1. The zero-order valence-electron chi connectivity index (χ0n) is 16.5. The van der Waals surface area contributed by atoms with Crippen LogP contribution < -0.4 is 14.8 Å². The van der Waals surface area contributed by atoms with Crippen LogP contribution in [0.4, 0.5) is 0 Å². The standard InChI is InChI=1S/C23H23NO5/c1-14(25)24-12-11-17-21-15-7-5-13-28-19(15)9-10-20(21)29-23(17)22(26)16-6-3-4-8-18(16)27-2/h3-4,6,8-10H,5,7,11-13H2,1-2H3,(H,24,25). The van der Waals surface area contributed by atoms with E-state index in [2.05, 4.69) is 5.32 Å². The summed E-state index contributed by atoms with van der Waals surface area (Å²) in [6.07, 6.45) is 2.26. The van der Waals surface area contributed by atoms with Gasteiger partial charge in [-0.2, -0.15) is 0 Å². The van der Waals surface area contributed by atoms with Crippen molar-refractivity contribution in [1.29, 1.82) is 0 Å². The highest BCUT2D eigenvalue weighted by Crippen LogP contribution is 2.38. The second kappa shape index (κ2) is 7.99. The third-order valence-corrected chi connectivity index (χ3v) is 5.16. The second-order valence-corrected chi connectivity index (χ2v) is 7.04. The van der Waals surface area contributed by atoms with Crippen LogP contribution in [-0.2, 0) is 17.6 Å². The van der Waals surface area contributed by atoms with Crippen molar-refractivity contribution in [1.82, 2.24) is 5.32 Å². The lowest BCUT2D eigenvalue weighted by Crippen LogP contribution is -2.23. The highest BCUT2D eigenvalue weighted by Gasteiger charge is 2.27. The largest absolute Gasteiger partial charge is 0.496 e. The highest BCUT2D eigenvalue weighted by molar-refractivity contribution is 6.12. The van der Waals surface area contributed by atoms with Gasteiger partial charge in [0.1, 0.15) is 17.1 Å². The Hall–Kier alpha value is -3.28. The van der Waals surface area contributed by atoms with Gasteiger partial charge in [-0.3, -0.25) is 9.59 Å². The number of fused-ring (bicyclic) bond motifs is 3. The number of ketones is 1. The van der Waals surface area contributed by atoms with Crippen molar-refractivity contribution in [3.05, 3.63) is 58.8 Å². The number of methoxy groups -OCH3 is 1. The molecule has 6 nitrogen and oxygen atoms in total. The number of furan rings is 1. The van der Waals surface area contributed by atoms with Crippen molar-refractivity contribution in [2.75, 3.05) is 20.3 Å². The van der Waals surface area contributed by atoms with Crippen LogP contribution in [0.15, 0.2) is 40.8 Å². The summed E-state index contributed by atoms with van der Waals surface area (Å²) < 4.78 is 17.2. The summed E-state index contributed by atoms with van der Waals surface area (Å²) in [7, 11) is 1.54. The molecule has 1 aliphatic rings. The van der Waals surface area contributed by atoms with Crippen LogP contribution in [0, 0.1) is 0 Å². The monoisotopic (exact) mass is 393 g/mol. The Bertz CT molecular complexity index is 1080. The molecule has 0 unspecified atom stereocenters. The van der Waals surface area contributed by atoms with E-state index in [4.69, 9.17) is 13.9 Å². The van der Waals surface area contributed by atoms with E-state index < -0.39 is 0 Å². The maximum atomic E-state index is 13.4. The molecule has 1 aliphatic heterocycles. The normalized spacial score (nSPS) is 12.9. The summed E-state index contributed by atoms with van der Waals surface area (Å²) in [4.78, 5) is 24.7. The maximum absolute atomic E-state index is 13.4. The average Bonchev–Trinajstić information content (AvgIpc) is 3.12. The SMILES string of the molecule is COc1ccccc1C(=O)c1oc2ccc3c(c2c1CCNC(C)=O)CCCO3. The van der Waals surface area contributed by atoms with E-state index in [9.17, 15) is 9.59 Å². The van der Waals surface area contributed by atoms with Crippen LogP contribution in [0.1, 0.15) is 40.6 Å². The van der Waals surface area contributed by atoms with Gasteiger partial charge in [-0.1, -0.05) is 12.1 Å². The number of amides is 1. The van der Waals surface area contributed by atoms with Crippen molar-refractivity contribution in [2.24, 2.45) is 0 Å². The van der Waals surface area contributed by atoms with E-state index in [1.54, 1.807) is 18.2 Å². The van der Waals surface area contributed by atoms with Crippen LogP contribution >= 0.6 is 0 Å². The molecule has 0 aliphatic carbocycles. The Morgan fingerprint density at radius 1 is 1.17 bits per heavy atom. The summed E-state index contributed by atoms with van der Waals surface area (Å²) in [6, 6.07) is 10.8. The molecular weight excluding hydrogens is 370 g/mol. The van der Waals surface area contributed by atoms with Gasteiger partial charge >= 0.3 is 0 Å². The van der Waals surface area contributed by atoms with E-state index in [1.807, 2.05) is 18.2 Å². The number of nitrogens with one attached hydrogen (secondary N) is 1. The summed E-state index contributed by atoms with van der Waals surface area (Å²) in [5.41, 5.74) is 2.96. The van der Waals surface area contributed by atoms with Gasteiger partial charge in [-0.05, 0) is 43.5 Å². The molecule has 2 heterocycles. The van der Waals surface area contributed by atoms with Gasteiger partial charge in [-0.15, -0.1) is 0 Å². The summed E-state index contributed by atoms with van der Waals surface area (Å²) in [6.45, 7) is 2.58. The molecule has 0 bridgehead atoms. The number of carbonyl (C=O) groups is 2. The summed E-state index contributed by atoms with van der Waals surface area (Å²) >= 11 is 0. The number of rotatable bonds is 6. The molecule has 4 rings (SSSR count). The maximum Gasteiger partial charge on any atom is 0.232 e. The topological polar surface area (TPSA) is 77.8 Å². The lowest BCUT2D eigenvalue weighted by atomic mass is 9.95. The number of ether oxygens (including phenoxy) is 2. The first kappa shape index (κ1) is 19.1. The fourth-order valence-electron chi connectivity index (χ4n) is 3.86. The molecule has 0 saturated carbocycles. The minimum Gasteiger partial charge on any atom is -0.496 e. The minimum absolute atomic E-state index is 0.110. The molecule has 1 N–H and O–H groups in total. The van der Waals surface area contributed by atoms with E-state index in [1.165, 1.54) is 14.0 Å². The van der Waals surface area contributed by atoms with E-state index >= 15 is 0 Å². The van der Waals surface area contributed by atoms with Gasteiger partial charge in [-0.25, -0.2) is 0 Å². The van der Waals surface area contributed by atoms with Gasteiger partial charge in [0.2, 0.25) is 11.7 Å². The van der Waals surface area contributed by atoms with Crippen molar-refractivity contribution >= 4 is 22.7 Å². The smallest absolute Gasteiger partial charge is 0.232 e. The molecule has 1 amide bonds. The molecule has 2 aromatic carbocycles. The number of aryl methyl sites for hydroxylation is 1. The van der Waals surface area contributed by atoms with E-state index in [-0.39, 0.29) is 17.5 Å². The van der Waals surface area contributed by atoms with Crippen LogP contribution in [-0.4, -0.2) is 32.0 Å². The Labute approximate surface area is 168 Å². The molecule has 29 heavy (non-hydrogen) atoms. The number of hydrogen-bond donors (Lipinski definition) is 1. The Kier molecular flexibility index (Phi) is 5.25. The quantitative estimate of drug-likeness (QED) is 0.647. The molecule has 0 saturated heterocycles. The average molecular weight is 393 g/mol. The van der Waals surface area contributed by atoms with Crippen LogP contribution in [0.5, 0.6) is 11.5 Å². The molecule has 6 heteroatoms. The van der Waals surface area contributed by atoms with Crippen molar-refractivity contribution in [3.63, 3.8) is 0 Å². The van der Waals surface area contributed by atoms with Crippen LogP contribution in [0.25, 0.3) is 11.0 Å². The fourth-order valence-corrected chi connectivity index (χ4v) is 3.86. The predicted octanol–water partition coefficient (Wildman–Crippen LogP) is 3.68. The fraction of sp³-hybridized carbons (Fsp3) is 0.304. The van der Waals surface area contributed by atoms with Gasteiger partial charge in [0.05, 0.1) is 19.3 Å². The first-order valence-corrected chi connectivity index (χ1v) is 9.72. The first-order valence-electron chi connectivity index (χ1n) is 9.72. The minimum atomic E-state index is -0.234. The van der Waals surface area contributed by atoms with Crippen molar-refractivity contribution < 1.29 is 23.5 Å². The molecule has 0 atom stereocenters. The number of para-hydroxylation sites is 1. The second-order valence-electron chi connectivity index (χ2n) is 7.04. The number of carbonyl (C=O) groups excluding carboxylic acids is 2. The van der Waals surface area contributed by atoms with Gasteiger partial charge in [0.15, 0.2) is 5.76 Å². The van der Waals surface area contributed by atoms with Crippen LogP contribution in [0.2, 0.25) is 0 Å². The highest BCUT2D eigenvalue weighted by atomic mass is 16.5. The molecule has 0 radical (unpaired) electrons. The van der Waals surface area contributed by atoms with Gasteiger partial charge in [0, 0.05) is 30.0 Å². The third kappa shape index (κ3) is 3.58. The van der Waals surface area contributed by atoms with Crippen LogP contribution in [0.3, 0.4) is 0 Å². The lowest BCUT2D eigenvalue weighted by Gasteiger charge is -2.18. The zero-order valence-corrected chi connectivity index (χ0v) is 16.5. The Morgan fingerprint density at radius 3 is 2.79 bits per heavy atom. The molecule has 0 fully saturated rings. The van der Waals surface area contributed by atoms with E-state index in [0.717, 1.165) is 35.1 Å². The lowest BCUT2D eigenvalue weighted by molar-refractivity contribution is -0.118. The van der Waals surface area contributed by atoms with E-state index in [0.29, 0.717) is 36.5 Å². The number of benzene rings is 2. The summed E-state index contributed by atoms with van der Waals surface area (Å²) in [5, 5.41) is 3.73. The molecular formula is C23H23NO5. The molecule has 0 spiro atoms. The Morgan fingerprint density at radius 2 is 2.00 bits per heavy atom. The zero-order chi connectivity index (χ0) is 20.4.